The molecular weight excluding hydrogens is 466 g/mol. The Hall–Kier alpha value is -3.17. The van der Waals surface area contributed by atoms with Crippen LogP contribution in [-0.4, -0.2) is 23.7 Å². The van der Waals surface area contributed by atoms with E-state index in [1.165, 1.54) is 18.3 Å². The summed E-state index contributed by atoms with van der Waals surface area (Å²) in [4.78, 5) is 22.2. The zero-order valence-electron chi connectivity index (χ0n) is 14.7. The van der Waals surface area contributed by atoms with Crippen molar-refractivity contribution in [1.82, 2.24) is 5.43 Å². The lowest BCUT2D eigenvalue weighted by Crippen LogP contribution is -2.24. The molecule has 0 radical (unpaired) electrons. The predicted octanol–water partition coefficient (Wildman–Crippen LogP) is 4.80. The van der Waals surface area contributed by atoms with E-state index in [1.807, 2.05) is 6.07 Å². The zero-order chi connectivity index (χ0) is 20.8. The van der Waals surface area contributed by atoms with Crippen molar-refractivity contribution in [3.8, 4) is 17.1 Å². The van der Waals surface area contributed by atoms with Gasteiger partial charge in [0.1, 0.15) is 22.3 Å². The number of halogens is 2. The number of hydrazone groups is 1. The van der Waals surface area contributed by atoms with Gasteiger partial charge in [-0.15, -0.1) is 0 Å². The van der Waals surface area contributed by atoms with E-state index < -0.39 is 10.8 Å². The first kappa shape index (κ1) is 20.6. The smallest absolute Gasteiger partial charge is 0.288 e. The minimum atomic E-state index is -0.567. The molecule has 0 aliphatic carbocycles. The molecule has 0 aliphatic heterocycles. The van der Waals surface area contributed by atoms with Crippen LogP contribution in [0.4, 0.5) is 5.69 Å². The molecule has 2 aromatic carbocycles. The third kappa shape index (κ3) is 5.66. The van der Waals surface area contributed by atoms with Crippen molar-refractivity contribution in [2.45, 2.75) is 0 Å². The molecule has 0 aliphatic rings. The van der Waals surface area contributed by atoms with Crippen LogP contribution < -0.4 is 10.2 Å². The maximum Gasteiger partial charge on any atom is 0.288 e. The van der Waals surface area contributed by atoms with Crippen molar-refractivity contribution in [2.75, 3.05) is 6.61 Å². The fourth-order valence-corrected chi connectivity index (χ4v) is 2.85. The number of amides is 1. The van der Waals surface area contributed by atoms with Gasteiger partial charge >= 0.3 is 0 Å². The van der Waals surface area contributed by atoms with E-state index in [1.54, 1.807) is 36.4 Å². The summed E-state index contributed by atoms with van der Waals surface area (Å²) >= 11 is 9.12. The molecule has 0 saturated heterocycles. The van der Waals surface area contributed by atoms with Gasteiger partial charge < -0.3 is 9.15 Å². The van der Waals surface area contributed by atoms with E-state index in [4.69, 9.17) is 20.8 Å². The second kappa shape index (κ2) is 9.35. The number of furan rings is 1. The Morgan fingerprint density at radius 3 is 2.86 bits per heavy atom. The molecule has 0 bridgehead atoms. The number of benzene rings is 2. The Morgan fingerprint density at radius 1 is 1.28 bits per heavy atom. The van der Waals surface area contributed by atoms with E-state index in [-0.39, 0.29) is 17.3 Å². The topological polar surface area (TPSA) is 107 Å². The normalized spacial score (nSPS) is 10.8. The lowest BCUT2D eigenvalue weighted by Gasteiger charge is -2.04. The van der Waals surface area contributed by atoms with Gasteiger partial charge in [-0.25, -0.2) is 5.43 Å². The predicted molar refractivity (Wildman–Crippen MR) is 111 cm³/mol. The van der Waals surface area contributed by atoms with E-state index in [9.17, 15) is 14.9 Å². The molecule has 3 rings (SSSR count). The van der Waals surface area contributed by atoms with E-state index in [0.29, 0.717) is 22.8 Å². The number of carbonyl (C=O) groups excluding carboxylic acids is 1. The summed E-state index contributed by atoms with van der Waals surface area (Å²) < 4.78 is 11.8. The molecule has 0 fully saturated rings. The number of ether oxygens (including phenoxy) is 1. The van der Waals surface area contributed by atoms with Gasteiger partial charge in [0.05, 0.1) is 11.1 Å². The zero-order valence-corrected chi connectivity index (χ0v) is 17.0. The molecule has 29 heavy (non-hydrogen) atoms. The average molecular weight is 479 g/mol. The van der Waals surface area contributed by atoms with Crippen LogP contribution in [0.3, 0.4) is 0 Å². The fourth-order valence-electron chi connectivity index (χ4n) is 2.29. The highest BCUT2D eigenvalue weighted by atomic mass is 79.9. The number of nitro groups is 1. The van der Waals surface area contributed by atoms with Crippen LogP contribution in [0.1, 0.15) is 5.76 Å². The SMILES string of the molecule is O=C(COc1cccc(Br)c1)N/N=C/c1ccc(-c2ccc(Cl)c([N+](=O)[O-])c2)o1. The summed E-state index contributed by atoms with van der Waals surface area (Å²) in [5, 5.41) is 14.8. The first-order valence-corrected chi connectivity index (χ1v) is 9.34. The van der Waals surface area contributed by atoms with Gasteiger partial charge in [0.2, 0.25) is 0 Å². The van der Waals surface area contributed by atoms with Crippen LogP contribution in [-0.2, 0) is 4.79 Å². The second-order valence-electron chi connectivity index (χ2n) is 5.66. The van der Waals surface area contributed by atoms with Crippen molar-refractivity contribution in [3.63, 3.8) is 0 Å². The van der Waals surface area contributed by atoms with Gasteiger partial charge in [-0.1, -0.05) is 33.6 Å². The largest absolute Gasteiger partial charge is 0.484 e. The highest BCUT2D eigenvalue weighted by Crippen LogP contribution is 2.31. The van der Waals surface area contributed by atoms with E-state index in [0.717, 1.165) is 4.47 Å². The molecule has 148 valence electrons. The van der Waals surface area contributed by atoms with Crippen molar-refractivity contribution in [1.29, 1.82) is 0 Å². The molecule has 1 N–H and O–H groups in total. The Kier molecular flexibility index (Phi) is 6.63. The Balaban J connectivity index is 1.57. The van der Waals surface area contributed by atoms with Gasteiger partial charge in [0, 0.05) is 16.1 Å². The lowest BCUT2D eigenvalue weighted by atomic mass is 10.1. The monoisotopic (exact) mass is 477 g/mol. The van der Waals surface area contributed by atoms with Gasteiger partial charge in [-0.3, -0.25) is 14.9 Å². The van der Waals surface area contributed by atoms with Crippen molar-refractivity contribution in [2.24, 2.45) is 5.10 Å². The van der Waals surface area contributed by atoms with Crippen molar-refractivity contribution >= 4 is 45.3 Å². The lowest BCUT2D eigenvalue weighted by molar-refractivity contribution is -0.384. The molecule has 10 heteroatoms. The highest BCUT2D eigenvalue weighted by Gasteiger charge is 2.15. The molecular formula is C19H13BrClN3O5. The minimum Gasteiger partial charge on any atom is -0.484 e. The summed E-state index contributed by atoms with van der Waals surface area (Å²) in [5.74, 6) is 0.855. The summed E-state index contributed by atoms with van der Waals surface area (Å²) in [7, 11) is 0. The Labute approximate surface area is 178 Å². The van der Waals surface area contributed by atoms with Crippen LogP contribution >= 0.6 is 27.5 Å². The third-order valence-corrected chi connectivity index (χ3v) is 4.41. The number of nitrogens with zero attached hydrogens (tertiary/aromatic N) is 2. The summed E-state index contributed by atoms with van der Waals surface area (Å²) in [6.07, 6.45) is 1.31. The first-order valence-electron chi connectivity index (χ1n) is 8.17. The van der Waals surface area contributed by atoms with Crippen molar-refractivity contribution < 1.29 is 18.9 Å². The Morgan fingerprint density at radius 2 is 2.10 bits per heavy atom. The highest BCUT2D eigenvalue weighted by molar-refractivity contribution is 9.10. The molecule has 0 saturated carbocycles. The number of carbonyl (C=O) groups is 1. The Bertz CT molecular complexity index is 1080. The average Bonchev–Trinajstić information content (AvgIpc) is 3.15. The number of nitrogens with one attached hydrogen (secondary N) is 1. The number of hydrogen-bond donors (Lipinski definition) is 1. The minimum absolute atomic E-state index is 0.0416. The molecule has 3 aromatic rings. The van der Waals surface area contributed by atoms with Crippen LogP contribution in [0.2, 0.25) is 5.02 Å². The molecule has 0 atom stereocenters. The second-order valence-corrected chi connectivity index (χ2v) is 6.99. The van der Waals surface area contributed by atoms with Crippen LogP contribution in [0.25, 0.3) is 11.3 Å². The maximum atomic E-state index is 11.8. The summed E-state index contributed by atoms with van der Waals surface area (Å²) in [6.45, 7) is -0.203. The van der Waals surface area contributed by atoms with Gasteiger partial charge in [0.15, 0.2) is 6.61 Å². The molecule has 1 amide bonds. The third-order valence-electron chi connectivity index (χ3n) is 3.60. The fraction of sp³-hybridized carbons (Fsp3) is 0.0526. The molecule has 8 nitrogen and oxygen atoms in total. The van der Waals surface area contributed by atoms with E-state index >= 15 is 0 Å². The quantitative estimate of drug-likeness (QED) is 0.298. The number of rotatable bonds is 7. The van der Waals surface area contributed by atoms with Crippen LogP contribution in [0.15, 0.2) is 68.6 Å². The van der Waals surface area contributed by atoms with Gasteiger partial charge in [0.25, 0.3) is 11.6 Å². The molecule has 1 aromatic heterocycles. The van der Waals surface area contributed by atoms with Crippen molar-refractivity contribution in [3.05, 3.63) is 80.0 Å². The van der Waals surface area contributed by atoms with Gasteiger partial charge in [-0.2, -0.15) is 5.10 Å². The standard InChI is InChI=1S/C19H13BrClN3O5/c20-13-2-1-3-14(9-13)28-11-19(25)23-22-10-15-5-7-18(29-15)12-4-6-16(21)17(8-12)24(26)27/h1-10H,11H2,(H,23,25)/b22-10+. The molecule has 0 spiro atoms. The maximum absolute atomic E-state index is 11.8. The number of hydrogen-bond acceptors (Lipinski definition) is 6. The van der Waals surface area contributed by atoms with E-state index in [2.05, 4.69) is 26.5 Å². The summed E-state index contributed by atoms with van der Waals surface area (Å²) in [5.41, 5.74) is 2.60. The summed E-state index contributed by atoms with van der Waals surface area (Å²) in [6, 6.07) is 14.7. The number of nitro benzene ring substituents is 1. The first-order chi connectivity index (χ1) is 13.9. The molecule has 0 unspecified atom stereocenters. The van der Waals surface area contributed by atoms with Crippen LogP contribution in [0.5, 0.6) is 5.75 Å². The van der Waals surface area contributed by atoms with Crippen LogP contribution in [0, 0.1) is 10.1 Å². The van der Waals surface area contributed by atoms with Gasteiger partial charge in [-0.05, 0) is 42.5 Å². The molecule has 1 heterocycles.